The highest BCUT2D eigenvalue weighted by molar-refractivity contribution is 5.94. The molecule has 0 radical (unpaired) electrons. The van der Waals surface area contributed by atoms with Crippen molar-refractivity contribution in [2.45, 2.75) is 13.1 Å². The van der Waals surface area contributed by atoms with Gasteiger partial charge < -0.3 is 14.8 Å². The van der Waals surface area contributed by atoms with Gasteiger partial charge in [-0.25, -0.2) is 4.39 Å². The van der Waals surface area contributed by atoms with Gasteiger partial charge in [-0.1, -0.05) is 36.4 Å². The van der Waals surface area contributed by atoms with Crippen molar-refractivity contribution in [3.8, 4) is 11.5 Å². The molecule has 2 heterocycles. The Balaban J connectivity index is 1.27. The predicted octanol–water partition coefficient (Wildman–Crippen LogP) is 4.43. The number of nitrogens with one attached hydrogen (secondary N) is 1. The summed E-state index contributed by atoms with van der Waals surface area (Å²) < 4.78 is 25.7. The molecule has 1 amide bonds. The monoisotopic (exact) mass is 444 g/mol. The number of benzene rings is 3. The third kappa shape index (κ3) is 4.91. The van der Waals surface area contributed by atoms with E-state index in [1.165, 1.54) is 11.6 Å². The van der Waals surface area contributed by atoms with E-state index in [9.17, 15) is 9.18 Å². The smallest absolute Gasteiger partial charge is 0.251 e. The van der Waals surface area contributed by atoms with Crippen LogP contribution in [0.4, 0.5) is 4.39 Å². The number of nitrogens with zero attached hydrogens (tertiary/aromatic N) is 1. The van der Waals surface area contributed by atoms with Gasteiger partial charge in [-0.3, -0.25) is 9.69 Å². The van der Waals surface area contributed by atoms with Crippen molar-refractivity contribution in [2.75, 3.05) is 26.3 Å². The van der Waals surface area contributed by atoms with Crippen LogP contribution in [0.5, 0.6) is 11.5 Å². The molecule has 1 N–H and O–H groups in total. The summed E-state index contributed by atoms with van der Waals surface area (Å²) >= 11 is 0. The van der Waals surface area contributed by atoms with Gasteiger partial charge in [0.15, 0.2) is 0 Å². The number of fused-ring (bicyclic) bond motifs is 2. The number of rotatable bonds is 5. The molecule has 33 heavy (non-hydrogen) atoms. The van der Waals surface area contributed by atoms with E-state index >= 15 is 0 Å². The van der Waals surface area contributed by atoms with Crippen LogP contribution in [-0.4, -0.2) is 37.1 Å². The number of halogens is 1. The maximum Gasteiger partial charge on any atom is 0.251 e. The zero-order valence-corrected chi connectivity index (χ0v) is 18.2. The highest BCUT2D eigenvalue weighted by atomic mass is 19.1. The van der Waals surface area contributed by atoms with Gasteiger partial charge in [-0.15, -0.1) is 0 Å². The average molecular weight is 445 g/mol. The molecule has 0 spiro atoms. The molecule has 0 unspecified atom stereocenters. The van der Waals surface area contributed by atoms with Gasteiger partial charge in [-0.2, -0.15) is 0 Å². The first-order valence-corrected chi connectivity index (χ1v) is 11.1. The lowest BCUT2D eigenvalue weighted by Gasteiger charge is -2.24. The highest BCUT2D eigenvalue weighted by Crippen LogP contribution is 2.28. The Bertz CT molecular complexity index is 1210. The summed E-state index contributed by atoms with van der Waals surface area (Å²) in [6.07, 6.45) is 2.19. The van der Waals surface area contributed by atoms with Crippen LogP contribution in [0.1, 0.15) is 27.0 Å². The molecule has 5 rings (SSSR count). The van der Waals surface area contributed by atoms with Crippen molar-refractivity contribution < 1.29 is 18.7 Å². The van der Waals surface area contributed by atoms with Crippen LogP contribution in [0.3, 0.4) is 0 Å². The SMILES string of the molecule is O=C(NCc1ccccc1F)c1ccc2c(c1)CN(CC1=Cc3ccccc3OC1)CCO2. The number of hydrogen-bond acceptors (Lipinski definition) is 4. The molecule has 2 aliphatic rings. The predicted molar refractivity (Wildman–Crippen MR) is 125 cm³/mol. The van der Waals surface area contributed by atoms with E-state index in [0.29, 0.717) is 30.9 Å². The highest BCUT2D eigenvalue weighted by Gasteiger charge is 2.20. The molecular formula is C27H25FN2O3. The molecule has 6 heteroatoms. The van der Waals surface area contributed by atoms with Crippen molar-refractivity contribution in [1.82, 2.24) is 10.2 Å². The summed E-state index contributed by atoms with van der Waals surface area (Å²) in [5.41, 5.74) is 4.25. The Morgan fingerprint density at radius 2 is 1.85 bits per heavy atom. The van der Waals surface area contributed by atoms with Crippen LogP contribution in [-0.2, 0) is 13.1 Å². The summed E-state index contributed by atoms with van der Waals surface area (Å²) in [5.74, 6) is 1.14. The molecule has 168 valence electrons. The minimum absolute atomic E-state index is 0.140. The molecule has 3 aromatic carbocycles. The van der Waals surface area contributed by atoms with E-state index in [1.54, 1.807) is 24.3 Å². The van der Waals surface area contributed by atoms with Crippen LogP contribution >= 0.6 is 0 Å². The molecule has 0 bridgehead atoms. The minimum atomic E-state index is -0.326. The van der Waals surface area contributed by atoms with Crippen molar-refractivity contribution in [3.63, 3.8) is 0 Å². The summed E-state index contributed by atoms with van der Waals surface area (Å²) in [7, 11) is 0. The maximum atomic E-state index is 13.8. The van der Waals surface area contributed by atoms with Crippen LogP contribution in [0.2, 0.25) is 0 Å². The van der Waals surface area contributed by atoms with Gasteiger partial charge in [0.2, 0.25) is 0 Å². The summed E-state index contributed by atoms with van der Waals surface area (Å²) in [6.45, 7) is 3.50. The molecule has 5 nitrogen and oxygen atoms in total. The van der Waals surface area contributed by atoms with Crippen molar-refractivity contribution in [2.24, 2.45) is 0 Å². The maximum absolute atomic E-state index is 13.8. The van der Waals surface area contributed by atoms with Gasteiger partial charge in [0.1, 0.15) is 30.5 Å². The van der Waals surface area contributed by atoms with Crippen molar-refractivity contribution in [3.05, 3.63) is 100 Å². The first kappa shape index (κ1) is 21.2. The van der Waals surface area contributed by atoms with Gasteiger partial charge in [0, 0.05) is 48.4 Å². The lowest BCUT2D eigenvalue weighted by atomic mass is 10.1. The van der Waals surface area contributed by atoms with Crippen LogP contribution in [0.25, 0.3) is 6.08 Å². The third-order valence-corrected chi connectivity index (χ3v) is 5.90. The number of amides is 1. The van der Waals surface area contributed by atoms with Gasteiger partial charge >= 0.3 is 0 Å². The molecule has 0 aromatic heterocycles. The molecule has 0 saturated carbocycles. The minimum Gasteiger partial charge on any atom is -0.492 e. The Kier molecular flexibility index (Phi) is 6.09. The van der Waals surface area contributed by atoms with E-state index < -0.39 is 0 Å². The zero-order valence-electron chi connectivity index (χ0n) is 18.2. The van der Waals surface area contributed by atoms with Crippen LogP contribution in [0.15, 0.2) is 72.3 Å². The quantitative estimate of drug-likeness (QED) is 0.633. The zero-order chi connectivity index (χ0) is 22.6. The number of ether oxygens (including phenoxy) is 2. The fourth-order valence-electron chi connectivity index (χ4n) is 4.19. The van der Waals surface area contributed by atoms with E-state index in [4.69, 9.17) is 9.47 Å². The summed E-state index contributed by atoms with van der Waals surface area (Å²) in [6, 6.07) is 19.9. The lowest BCUT2D eigenvalue weighted by molar-refractivity contribution is 0.0950. The van der Waals surface area contributed by atoms with Gasteiger partial charge in [0.25, 0.3) is 5.91 Å². The van der Waals surface area contributed by atoms with E-state index in [2.05, 4.69) is 22.4 Å². The van der Waals surface area contributed by atoms with E-state index in [-0.39, 0.29) is 18.3 Å². The molecular weight excluding hydrogens is 419 g/mol. The normalized spacial score (nSPS) is 15.2. The fourth-order valence-corrected chi connectivity index (χ4v) is 4.19. The number of carbonyl (C=O) groups is 1. The fraction of sp³-hybridized carbons (Fsp3) is 0.222. The Morgan fingerprint density at radius 1 is 1.00 bits per heavy atom. The van der Waals surface area contributed by atoms with Crippen molar-refractivity contribution >= 4 is 12.0 Å². The summed E-state index contributed by atoms with van der Waals surface area (Å²) in [5, 5.41) is 2.81. The molecule has 0 saturated heterocycles. The summed E-state index contributed by atoms with van der Waals surface area (Å²) in [4.78, 5) is 15.0. The Labute approximate surface area is 192 Å². The Hall–Kier alpha value is -3.64. The number of hydrogen-bond donors (Lipinski definition) is 1. The standard InChI is InChI=1S/C27H25FN2O3/c28-24-7-3-1-6-22(24)15-29-27(31)21-9-10-26-23(14-21)17-30(11-12-32-26)16-19-13-20-5-2-4-8-25(20)33-18-19/h1-10,13-14H,11-12,15-18H2,(H,29,31). The number of carbonyl (C=O) groups excluding carboxylic acids is 1. The second kappa shape index (κ2) is 9.46. The largest absolute Gasteiger partial charge is 0.492 e. The van der Waals surface area contributed by atoms with Crippen LogP contribution < -0.4 is 14.8 Å². The first-order chi connectivity index (χ1) is 16.2. The van der Waals surface area contributed by atoms with Crippen LogP contribution in [0, 0.1) is 5.82 Å². The molecule has 3 aromatic rings. The molecule has 0 atom stereocenters. The second-order valence-corrected chi connectivity index (χ2v) is 8.28. The van der Waals surface area contributed by atoms with E-state index in [1.807, 2.05) is 30.3 Å². The van der Waals surface area contributed by atoms with Crippen molar-refractivity contribution in [1.29, 1.82) is 0 Å². The first-order valence-electron chi connectivity index (χ1n) is 11.1. The molecule has 2 aliphatic heterocycles. The average Bonchev–Trinajstić information content (AvgIpc) is 3.04. The molecule has 0 aliphatic carbocycles. The van der Waals surface area contributed by atoms with Gasteiger partial charge in [0.05, 0.1) is 0 Å². The lowest BCUT2D eigenvalue weighted by Crippen LogP contribution is -2.30. The third-order valence-electron chi connectivity index (χ3n) is 5.90. The topological polar surface area (TPSA) is 50.8 Å². The second-order valence-electron chi connectivity index (χ2n) is 8.28. The Morgan fingerprint density at radius 3 is 2.76 bits per heavy atom. The van der Waals surface area contributed by atoms with Gasteiger partial charge in [-0.05, 0) is 42.0 Å². The molecule has 0 fully saturated rings. The number of para-hydroxylation sites is 1. The van der Waals surface area contributed by atoms with E-state index in [0.717, 1.165) is 35.7 Å².